The summed E-state index contributed by atoms with van der Waals surface area (Å²) < 4.78 is 13.2. The molecule has 2 N–H and O–H groups in total. The third-order valence-electron chi connectivity index (χ3n) is 5.39. The fourth-order valence-electron chi connectivity index (χ4n) is 3.61. The van der Waals surface area contributed by atoms with Gasteiger partial charge in [0.25, 0.3) is 0 Å². The summed E-state index contributed by atoms with van der Waals surface area (Å²) in [5, 5.41) is 25.2. The van der Waals surface area contributed by atoms with Gasteiger partial charge in [-0.05, 0) is 55.0 Å². The quantitative estimate of drug-likeness (QED) is 0.255. The Labute approximate surface area is 224 Å². The van der Waals surface area contributed by atoms with E-state index in [1.54, 1.807) is 42.5 Å². The van der Waals surface area contributed by atoms with E-state index in [1.807, 2.05) is 37.3 Å². The first-order chi connectivity index (χ1) is 17.9. The van der Waals surface area contributed by atoms with Crippen LogP contribution in [0.1, 0.15) is 29.3 Å². The summed E-state index contributed by atoms with van der Waals surface area (Å²) in [5.41, 5.74) is 8.83. The van der Waals surface area contributed by atoms with Crippen molar-refractivity contribution < 1.29 is 9.47 Å². The zero-order valence-electron chi connectivity index (χ0n) is 19.8. The maximum Gasteiger partial charge on any atom is 0.161 e. The van der Waals surface area contributed by atoms with Crippen LogP contribution in [0.3, 0.4) is 0 Å². The fourth-order valence-corrected chi connectivity index (χ4v) is 4.08. The number of halogens is 2. The highest BCUT2D eigenvalue weighted by atomic mass is 35.5. The van der Waals surface area contributed by atoms with Crippen molar-refractivity contribution in [2.75, 3.05) is 12.3 Å². The van der Waals surface area contributed by atoms with E-state index in [2.05, 4.69) is 17.2 Å². The van der Waals surface area contributed by atoms with Crippen LogP contribution in [0, 0.1) is 22.7 Å². The number of anilines is 1. The number of rotatable bonds is 8. The molecule has 184 valence electrons. The second-order valence-electron chi connectivity index (χ2n) is 7.80. The van der Waals surface area contributed by atoms with Crippen molar-refractivity contribution in [2.24, 2.45) is 0 Å². The molecule has 0 spiro atoms. The highest BCUT2D eigenvalue weighted by molar-refractivity contribution is 6.35. The number of nitrogens with two attached hydrogens (primary N) is 1. The summed E-state index contributed by atoms with van der Waals surface area (Å²) in [6, 6.07) is 23.9. The first-order valence-corrected chi connectivity index (χ1v) is 12.0. The van der Waals surface area contributed by atoms with Crippen LogP contribution in [0.4, 0.5) is 5.82 Å². The molecule has 0 saturated carbocycles. The van der Waals surface area contributed by atoms with Crippen molar-refractivity contribution in [2.45, 2.75) is 13.5 Å². The second kappa shape index (κ2) is 11.5. The van der Waals surface area contributed by atoms with Gasteiger partial charge in [0.05, 0.1) is 17.9 Å². The van der Waals surface area contributed by atoms with Gasteiger partial charge in [-0.1, -0.05) is 53.5 Å². The van der Waals surface area contributed by atoms with E-state index in [1.165, 1.54) is 4.68 Å². The fraction of sp³-hybridized carbons (Fsp3) is 0.107. The molecule has 4 aromatic rings. The van der Waals surface area contributed by atoms with Gasteiger partial charge >= 0.3 is 0 Å². The lowest BCUT2D eigenvalue weighted by atomic mass is 10.1. The van der Waals surface area contributed by atoms with Gasteiger partial charge in [0.1, 0.15) is 35.8 Å². The number of aromatic nitrogens is 2. The van der Waals surface area contributed by atoms with Crippen molar-refractivity contribution in [3.63, 3.8) is 0 Å². The molecule has 0 fully saturated rings. The number of hydrogen-bond donors (Lipinski definition) is 1. The van der Waals surface area contributed by atoms with Gasteiger partial charge in [0, 0.05) is 15.6 Å². The third kappa shape index (κ3) is 5.70. The SMILES string of the molecule is CCOc1cc(C=C(C#N)c2nn(-c3ccccc3)c(N)c2C#N)ccc1OCc1ccc(Cl)cc1Cl. The average molecular weight is 530 g/mol. The predicted octanol–water partition coefficient (Wildman–Crippen LogP) is 6.67. The Balaban J connectivity index is 1.67. The van der Waals surface area contributed by atoms with E-state index in [4.69, 9.17) is 38.4 Å². The molecule has 0 aliphatic rings. The van der Waals surface area contributed by atoms with Crippen LogP contribution in [0.15, 0.2) is 66.7 Å². The average Bonchev–Trinajstić information content (AvgIpc) is 3.24. The van der Waals surface area contributed by atoms with E-state index in [9.17, 15) is 10.5 Å². The lowest BCUT2D eigenvalue weighted by molar-refractivity contribution is 0.269. The maximum absolute atomic E-state index is 9.92. The third-order valence-corrected chi connectivity index (χ3v) is 5.97. The van der Waals surface area contributed by atoms with Crippen LogP contribution in [-0.4, -0.2) is 16.4 Å². The number of allylic oxidation sites excluding steroid dienone is 1. The van der Waals surface area contributed by atoms with E-state index in [0.29, 0.717) is 39.4 Å². The Hall–Kier alpha value is -4.43. The largest absolute Gasteiger partial charge is 0.490 e. The molecule has 0 radical (unpaired) electrons. The summed E-state index contributed by atoms with van der Waals surface area (Å²) in [7, 11) is 0. The van der Waals surface area contributed by atoms with Crippen molar-refractivity contribution in [3.8, 4) is 29.3 Å². The molecular weight excluding hydrogens is 509 g/mol. The van der Waals surface area contributed by atoms with Gasteiger partial charge in [0.2, 0.25) is 0 Å². The summed E-state index contributed by atoms with van der Waals surface area (Å²) >= 11 is 12.2. The molecule has 9 heteroatoms. The van der Waals surface area contributed by atoms with Crippen LogP contribution >= 0.6 is 23.2 Å². The summed E-state index contributed by atoms with van der Waals surface area (Å²) in [4.78, 5) is 0. The Kier molecular flexibility index (Phi) is 8.00. The highest BCUT2D eigenvalue weighted by Gasteiger charge is 2.20. The molecule has 37 heavy (non-hydrogen) atoms. The number of ether oxygens (including phenoxy) is 2. The van der Waals surface area contributed by atoms with E-state index < -0.39 is 0 Å². The van der Waals surface area contributed by atoms with Crippen LogP contribution < -0.4 is 15.2 Å². The molecule has 0 aliphatic heterocycles. The Morgan fingerprint density at radius 1 is 1.03 bits per heavy atom. The smallest absolute Gasteiger partial charge is 0.161 e. The summed E-state index contributed by atoms with van der Waals surface area (Å²) in [6.45, 7) is 2.49. The number of benzene rings is 3. The molecule has 4 rings (SSSR count). The maximum atomic E-state index is 9.92. The number of hydrogen-bond acceptors (Lipinski definition) is 6. The lowest BCUT2D eigenvalue weighted by Crippen LogP contribution is -2.02. The van der Waals surface area contributed by atoms with Crippen LogP contribution in [0.5, 0.6) is 11.5 Å². The molecule has 0 saturated heterocycles. The Morgan fingerprint density at radius 3 is 2.49 bits per heavy atom. The van der Waals surface area contributed by atoms with Crippen LogP contribution in [0.2, 0.25) is 10.0 Å². The van der Waals surface area contributed by atoms with Crippen molar-refractivity contribution in [1.82, 2.24) is 9.78 Å². The molecule has 0 amide bonds. The molecular formula is C28H21Cl2N5O2. The molecule has 1 aromatic heterocycles. The number of para-hydroxylation sites is 1. The van der Waals surface area contributed by atoms with Gasteiger partial charge < -0.3 is 15.2 Å². The van der Waals surface area contributed by atoms with Gasteiger partial charge in [-0.15, -0.1) is 0 Å². The zero-order valence-corrected chi connectivity index (χ0v) is 21.3. The lowest BCUT2D eigenvalue weighted by Gasteiger charge is -2.13. The van der Waals surface area contributed by atoms with Crippen LogP contribution in [0.25, 0.3) is 17.3 Å². The molecule has 0 unspecified atom stereocenters. The van der Waals surface area contributed by atoms with Crippen molar-refractivity contribution >= 4 is 40.7 Å². The molecule has 0 atom stereocenters. The van der Waals surface area contributed by atoms with Gasteiger partial charge in [-0.25, -0.2) is 4.68 Å². The van der Waals surface area contributed by atoms with E-state index >= 15 is 0 Å². The van der Waals surface area contributed by atoms with Gasteiger partial charge in [-0.2, -0.15) is 15.6 Å². The van der Waals surface area contributed by atoms with Crippen molar-refractivity contribution in [1.29, 1.82) is 10.5 Å². The minimum Gasteiger partial charge on any atom is -0.490 e. The summed E-state index contributed by atoms with van der Waals surface area (Å²) in [5.74, 6) is 1.16. The van der Waals surface area contributed by atoms with Gasteiger partial charge in [-0.3, -0.25) is 0 Å². The highest BCUT2D eigenvalue weighted by Crippen LogP contribution is 2.33. The molecule has 0 aliphatic carbocycles. The number of nitrogen functional groups attached to an aromatic ring is 1. The molecule has 1 heterocycles. The number of nitrogens with zero attached hydrogens (tertiary/aromatic N) is 4. The van der Waals surface area contributed by atoms with Crippen LogP contribution in [-0.2, 0) is 6.61 Å². The van der Waals surface area contributed by atoms with E-state index in [-0.39, 0.29) is 29.3 Å². The first kappa shape index (κ1) is 25.7. The molecule has 7 nitrogen and oxygen atoms in total. The monoisotopic (exact) mass is 529 g/mol. The second-order valence-corrected chi connectivity index (χ2v) is 8.65. The minimum atomic E-state index is 0.126. The predicted molar refractivity (Wildman–Crippen MR) is 145 cm³/mol. The Bertz CT molecular complexity index is 1550. The Morgan fingerprint density at radius 2 is 1.81 bits per heavy atom. The van der Waals surface area contributed by atoms with E-state index in [0.717, 1.165) is 5.56 Å². The standard InChI is InChI=1S/C28H21Cl2N5O2/c1-2-36-26-13-18(8-11-25(26)37-17-19-9-10-21(29)14-24(19)30)12-20(15-31)27-23(16-32)28(33)35(34-27)22-6-4-3-5-7-22/h3-14H,2,17,33H2,1H3. The summed E-state index contributed by atoms with van der Waals surface area (Å²) in [6.07, 6.45) is 1.63. The minimum absolute atomic E-state index is 0.126. The molecule has 3 aromatic carbocycles. The number of nitriles is 2. The van der Waals surface area contributed by atoms with Crippen molar-refractivity contribution in [3.05, 3.63) is 99.2 Å². The zero-order chi connectivity index (χ0) is 26.4. The molecule has 0 bridgehead atoms. The van der Waals surface area contributed by atoms with Gasteiger partial charge in [0.15, 0.2) is 11.5 Å². The first-order valence-electron chi connectivity index (χ1n) is 11.2. The topological polar surface area (TPSA) is 110 Å². The normalized spacial score (nSPS) is 11.0.